The van der Waals surface area contributed by atoms with Crippen LogP contribution in [0.5, 0.6) is 0 Å². The molecule has 1 aliphatic heterocycles. The van der Waals surface area contributed by atoms with Crippen LogP contribution in [-0.2, 0) is 40.1 Å². The third-order valence-corrected chi connectivity index (χ3v) is 11.4. The number of nitrogens with zero attached hydrogens (tertiary/aromatic N) is 1. The van der Waals surface area contributed by atoms with Gasteiger partial charge in [-0.25, -0.2) is 9.59 Å². The molecule has 0 bridgehead atoms. The average molecular weight is 512 g/mol. The lowest BCUT2D eigenvalue weighted by Gasteiger charge is -2.36. The second-order valence-corrected chi connectivity index (χ2v) is 16.8. The van der Waals surface area contributed by atoms with Crippen LogP contribution in [0.4, 0.5) is 4.79 Å². The van der Waals surface area contributed by atoms with Crippen LogP contribution in [0.3, 0.4) is 0 Å². The molecule has 0 unspecified atom stereocenters. The van der Waals surface area contributed by atoms with Crippen molar-refractivity contribution in [2.24, 2.45) is 0 Å². The molecule has 1 aliphatic rings. The van der Waals surface area contributed by atoms with E-state index in [-0.39, 0.29) is 23.7 Å². The van der Waals surface area contributed by atoms with Crippen molar-refractivity contribution in [2.75, 3.05) is 6.54 Å². The van der Waals surface area contributed by atoms with Gasteiger partial charge in [0.05, 0.1) is 12.2 Å². The largest absolute Gasteiger partial charge is 0.456 e. The predicted molar refractivity (Wildman–Crippen MR) is 144 cm³/mol. The molecule has 0 radical (unpaired) electrons. The van der Waals surface area contributed by atoms with Crippen molar-refractivity contribution < 1.29 is 23.5 Å². The van der Waals surface area contributed by atoms with Gasteiger partial charge in [-0.15, -0.1) is 0 Å². The summed E-state index contributed by atoms with van der Waals surface area (Å²) < 4.78 is 17.7. The number of amides is 1. The average Bonchev–Trinajstić information content (AvgIpc) is 2.79. The molecule has 7 heteroatoms. The first-order chi connectivity index (χ1) is 16.7. The molecular formula is C29H41NO5Si. The van der Waals surface area contributed by atoms with Crippen LogP contribution in [0.2, 0.25) is 18.1 Å². The number of hydrogen-bond acceptors (Lipinski definition) is 5. The fraction of sp³-hybridized carbons (Fsp3) is 0.517. The van der Waals surface area contributed by atoms with Gasteiger partial charge >= 0.3 is 12.1 Å². The number of benzene rings is 2. The van der Waals surface area contributed by atoms with Crippen molar-refractivity contribution in [3.63, 3.8) is 0 Å². The van der Waals surface area contributed by atoms with Crippen LogP contribution in [0, 0.1) is 0 Å². The fourth-order valence-corrected chi connectivity index (χ4v) is 4.69. The molecule has 2 aromatic rings. The maximum absolute atomic E-state index is 13.2. The Morgan fingerprint density at radius 3 is 2.22 bits per heavy atom. The van der Waals surface area contributed by atoms with Gasteiger partial charge in [-0.3, -0.25) is 0 Å². The SMILES string of the molecule is CC(C)(C)OC(=O)c1cc2c(cc1CO[Si](C)(C)C(C)(C)C)CCN(C(=O)OCc1ccccc1)C2. The Balaban J connectivity index is 1.82. The Kier molecular flexibility index (Phi) is 8.36. The van der Waals surface area contributed by atoms with Crippen molar-refractivity contribution in [1.29, 1.82) is 0 Å². The lowest BCUT2D eigenvalue weighted by Crippen LogP contribution is -2.40. The number of carbonyl (C=O) groups is 2. The highest BCUT2D eigenvalue weighted by atomic mass is 28.4. The van der Waals surface area contributed by atoms with Gasteiger partial charge in [0.25, 0.3) is 0 Å². The molecule has 0 saturated carbocycles. The van der Waals surface area contributed by atoms with E-state index in [0.29, 0.717) is 31.7 Å². The quantitative estimate of drug-likeness (QED) is 0.313. The molecule has 0 fully saturated rings. The van der Waals surface area contributed by atoms with Gasteiger partial charge in [0, 0.05) is 13.1 Å². The first kappa shape index (κ1) is 27.9. The first-order valence-corrected chi connectivity index (χ1v) is 15.5. The Morgan fingerprint density at radius 2 is 1.61 bits per heavy atom. The summed E-state index contributed by atoms with van der Waals surface area (Å²) in [7, 11) is -2.01. The molecule has 0 aliphatic carbocycles. The zero-order valence-corrected chi connectivity index (χ0v) is 24.1. The standard InChI is InChI=1S/C29H41NO5Si/c1-28(2,3)35-26(31)25-17-23-18-30(27(32)33-19-21-12-10-9-11-13-21)15-14-22(23)16-24(25)20-34-36(7,8)29(4,5)6/h9-13,16-17H,14-15,18-20H2,1-8H3. The van der Waals surface area contributed by atoms with Gasteiger partial charge in [0.1, 0.15) is 12.2 Å². The predicted octanol–water partition coefficient (Wildman–Crippen LogP) is 6.86. The highest BCUT2D eigenvalue weighted by molar-refractivity contribution is 6.74. The smallest absolute Gasteiger partial charge is 0.410 e. The Bertz CT molecular complexity index is 1080. The zero-order valence-electron chi connectivity index (χ0n) is 23.1. The lowest BCUT2D eigenvalue weighted by atomic mass is 9.93. The highest BCUT2D eigenvalue weighted by Gasteiger charge is 2.37. The van der Waals surface area contributed by atoms with Crippen molar-refractivity contribution in [3.05, 3.63) is 70.3 Å². The zero-order chi connectivity index (χ0) is 26.7. The second kappa shape index (κ2) is 10.8. The minimum absolute atomic E-state index is 0.0634. The van der Waals surface area contributed by atoms with Gasteiger partial charge in [0.2, 0.25) is 0 Å². The Labute approximate surface area is 217 Å². The maximum Gasteiger partial charge on any atom is 0.410 e. The monoisotopic (exact) mass is 511 g/mol. The van der Waals surface area contributed by atoms with Crippen LogP contribution in [0.25, 0.3) is 0 Å². The van der Waals surface area contributed by atoms with Crippen molar-refractivity contribution >= 4 is 20.4 Å². The van der Waals surface area contributed by atoms with E-state index in [1.165, 1.54) is 0 Å². The van der Waals surface area contributed by atoms with Gasteiger partial charge < -0.3 is 18.8 Å². The fourth-order valence-electron chi connectivity index (χ4n) is 3.74. The molecule has 0 spiro atoms. The topological polar surface area (TPSA) is 65.1 Å². The molecule has 6 nitrogen and oxygen atoms in total. The van der Waals surface area contributed by atoms with Gasteiger partial charge in [-0.2, -0.15) is 0 Å². The Hall–Kier alpha value is -2.64. The van der Waals surface area contributed by atoms with Crippen LogP contribution in [0.15, 0.2) is 42.5 Å². The second-order valence-electron chi connectivity index (χ2n) is 12.0. The van der Waals surface area contributed by atoms with E-state index >= 15 is 0 Å². The summed E-state index contributed by atoms with van der Waals surface area (Å²) in [6.45, 7) is 18.1. The van der Waals surface area contributed by atoms with E-state index in [1.54, 1.807) is 4.90 Å². The lowest BCUT2D eigenvalue weighted by molar-refractivity contribution is 0.00665. The first-order valence-electron chi connectivity index (χ1n) is 12.6. The third-order valence-electron chi connectivity index (χ3n) is 6.91. The van der Waals surface area contributed by atoms with E-state index in [0.717, 1.165) is 22.3 Å². The molecule has 3 rings (SSSR count). The summed E-state index contributed by atoms with van der Waals surface area (Å²) >= 11 is 0. The number of fused-ring (bicyclic) bond motifs is 1. The molecule has 196 valence electrons. The molecule has 36 heavy (non-hydrogen) atoms. The van der Waals surface area contributed by atoms with Crippen LogP contribution < -0.4 is 0 Å². The Morgan fingerprint density at radius 1 is 0.944 bits per heavy atom. The number of carbonyl (C=O) groups excluding carboxylic acids is 2. The molecule has 0 atom stereocenters. The number of ether oxygens (including phenoxy) is 2. The summed E-state index contributed by atoms with van der Waals surface area (Å²) in [5, 5.41) is 0.0634. The van der Waals surface area contributed by atoms with E-state index in [9.17, 15) is 9.59 Å². The minimum atomic E-state index is -2.01. The molecular weight excluding hydrogens is 470 g/mol. The van der Waals surface area contributed by atoms with Crippen molar-refractivity contribution in [3.8, 4) is 0 Å². The molecule has 0 saturated heterocycles. The highest BCUT2D eigenvalue weighted by Crippen LogP contribution is 2.37. The maximum atomic E-state index is 13.2. The van der Waals surface area contributed by atoms with Crippen molar-refractivity contribution in [2.45, 2.75) is 91.5 Å². The minimum Gasteiger partial charge on any atom is -0.456 e. The summed E-state index contributed by atoms with van der Waals surface area (Å²) in [5.74, 6) is -0.372. The molecule has 1 heterocycles. The van der Waals surface area contributed by atoms with E-state index < -0.39 is 13.9 Å². The summed E-state index contributed by atoms with van der Waals surface area (Å²) in [6, 6.07) is 13.6. The molecule has 0 N–H and O–H groups in total. The van der Waals surface area contributed by atoms with E-state index in [2.05, 4.69) is 39.9 Å². The third kappa shape index (κ3) is 7.20. The van der Waals surface area contributed by atoms with Crippen LogP contribution >= 0.6 is 0 Å². The van der Waals surface area contributed by atoms with Gasteiger partial charge in [0.15, 0.2) is 8.32 Å². The molecule has 2 aromatic carbocycles. The van der Waals surface area contributed by atoms with Gasteiger partial charge in [-0.05, 0) is 73.6 Å². The summed E-state index contributed by atoms with van der Waals surface area (Å²) in [4.78, 5) is 27.6. The van der Waals surface area contributed by atoms with Crippen LogP contribution in [-0.4, -0.2) is 37.4 Å². The molecule has 1 amide bonds. The van der Waals surface area contributed by atoms with E-state index in [1.807, 2.05) is 57.2 Å². The van der Waals surface area contributed by atoms with Crippen LogP contribution in [0.1, 0.15) is 74.2 Å². The molecule has 0 aromatic heterocycles. The number of rotatable bonds is 6. The van der Waals surface area contributed by atoms with E-state index in [4.69, 9.17) is 13.9 Å². The van der Waals surface area contributed by atoms with Crippen molar-refractivity contribution in [1.82, 2.24) is 4.90 Å². The normalized spacial score (nSPS) is 14.3. The summed E-state index contributed by atoms with van der Waals surface area (Å²) in [5.41, 5.74) is 3.74. The summed E-state index contributed by atoms with van der Waals surface area (Å²) in [6.07, 6.45) is 0.339. The van der Waals surface area contributed by atoms with Gasteiger partial charge in [-0.1, -0.05) is 57.2 Å². The number of hydrogen-bond donors (Lipinski definition) is 0. The number of esters is 1.